The SMILES string of the molecule is O=C(Cc1cccc(OC(F)(F)F)c1)Nc1ccc(CCCCc2nnc(NC(=O)Cc3cccc(C4CCNCC4)c3)s2)cn1. The van der Waals surface area contributed by atoms with E-state index in [9.17, 15) is 22.8 Å². The Labute approximate surface area is 269 Å². The first-order chi connectivity index (χ1) is 22.2. The van der Waals surface area contributed by atoms with Crippen LogP contribution in [0.1, 0.15) is 58.9 Å². The number of pyridine rings is 1. The summed E-state index contributed by atoms with van der Waals surface area (Å²) >= 11 is 1.38. The number of halogens is 3. The number of aryl methyl sites for hydroxylation is 2. The van der Waals surface area contributed by atoms with E-state index < -0.39 is 12.3 Å². The molecule has 0 spiro atoms. The Hall–Kier alpha value is -4.36. The van der Waals surface area contributed by atoms with Gasteiger partial charge in [-0.25, -0.2) is 4.98 Å². The van der Waals surface area contributed by atoms with Crippen LogP contribution in [0.15, 0.2) is 66.9 Å². The lowest BCUT2D eigenvalue weighted by Gasteiger charge is -2.23. The number of nitrogens with one attached hydrogen (secondary N) is 3. The number of hydrogen-bond donors (Lipinski definition) is 3. The summed E-state index contributed by atoms with van der Waals surface area (Å²) in [5.74, 6) is 0.00435. The third kappa shape index (κ3) is 10.6. The summed E-state index contributed by atoms with van der Waals surface area (Å²) in [6, 6.07) is 17.2. The Kier molecular flexibility index (Phi) is 11.3. The molecule has 1 saturated heterocycles. The maximum Gasteiger partial charge on any atom is 0.573 e. The topological polar surface area (TPSA) is 118 Å². The van der Waals surface area contributed by atoms with Crippen molar-refractivity contribution < 1.29 is 27.5 Å². The minimum Gasteiger partial charge on any atom is -0.406 e. The first-order valence-electron chi connectivity index (χ1n) is 15.2. The second kappa shape index (κ2) is 15.8. The number of ether oxygens (including phenoxy) is 1. The quantitative estimate of drug-likeness (QED) is 0.147. The Morgan fingerprint density at radius 3 is 2.33 bits per heavy atom. The van der Waals surface area contributed by atoms with E-state index in [4.69, 9.17) is 0 Å². The van der Waals surface area contributed by atoms with Crippen molar-refractivity contribution in [2.24, 2.45) is 0 Å². The van der Waals surface area contributed by atoms with Crippen LogP contribution in [-0.2, 0) is 35.3 Å². The summed E-state index contributed by atoms with van der Waals surface area (Å²) < 4.78 is 41.2. The van der Waals surface area contributed by atoms with Crippen molar-refractivity contribution in [3.63, 3.8) is 0 Å². The van der Waals surface area contributed by atoms with Crippen molar-refractivity contribution in [1.29, 1.82) is 0 Å². The van der Waals surface area contributed by atoms with Crippen molar-refractivity contribution in [3.8, 4) is 5.75 Å². The molecule has 9 nitrogen and oxygen atoms in total. The second-order valence-electron chi connectivity index (χ2n) is 11.2. The molecule has 1 aliphatic heterocycles. The summed E-state index contributed by atoms with van der Waals surface area (Å²) in [5.41, 5.74) is 3.68. The molecule has 46 heavy (non-hydrogen) atoms. The smallest absolute Gasteiger partial charge is 0.406 e. The minimum absolute atomic E-state index is 0.109. The average Bonchev–Trinajstić information content (AvgIpc) is 3.46. The Morgan fingerprint density at radius 1 is 0.870 bits per heavy atom. The first kappa shape index (κ1) is 33.0. The van der Waals surface area contributed by atoms with Crippen LogP contribution in [-0.4, -0.2) is 46.4 Å². The number of nitrogens with zero attached hydrogens (tertiary/aromatic N) is 3. The molecule has 0 unspecified atom stereocenters. The summed E-state index contributed by atoms with van der Waals surface area (Å²) in [7, 11) is 0. The fourth-order valence-corrected chi connectivity index (χ4v) is 6.14. The molecule has 0 atom stereocenters. The monoisotopic (exact) mass is 652 g/mol. The van der Waals surface area contributed by atoms with Crippen LogP contribution in [0.3, 0.4) is 0 Å². The number of carbonyl (C=O) groups is 2. The molecule has 0 bridgehead atoms. The van der Waals surface area contributed by atoms with Crippen LogP contribution in [0.2, 0.25) is 0 Å². The van der Waals surface area contributed by atoms with Crippen LogP contribution in [0, 0.1) is 0 Å². The number of aromatic nitrogens is 3. The van der Waals surface area contributed by atoms with Gasteiger partial charge in [0.1, 0.15) is 16.6 Å². The minimum atomic E-state index is -4.80. The molecule has 3 N–H and O–H groups in total. The zero-order valence-electron chi connectivity index (χ0n) is 25.1. The Bertz CT molecular complexity index is 1610. The average molecular weight is 653 g/mol. The fourth-order valence-electron chi connectivity index (χ4n) is 5.34. The van der Waals surface area contributed by atoms with E-state index in [-0.39, 0.29) is 18.1 Å². The lowest BCUT2D eigenvalue weighted by atomic mass is 9.89. The number of amides is 2. The number of alkyl halides is 3. The van der Waals surface area contributed by atoms with Crippen molar-refractivity contribution >= 4 is 34.1 Å². The molecule has 2 aromatic heterocycles. The van der Waals surface area contributed by atoms with Crippen LogP contribution in [0.4, 0.5) is 24.1 Å². The molecule has 0 radical (unpaired) electrons. The highest BCUT2D eigenvalue weighted by atomic mass is 32.1. The standard InChI is InChI=1S/C33H35F3N6O3S/c34-33(35,36)45-27-9-4-7-24(18-27)20-29(43)39-28-12-11-22(21-38-28)5-1-2-10-31-41-42-32(46-31)40-30(44)19-23-6-3-8-26(17-23)25-13-15-37-16-14-25/h3-4,6-9,11-12,17-18,21,25,37H,1-2,5,10,13-16,19-20H2,(H,38,39,43)(H,40,42,44). The van der Waals surface area contributed by atoms with Crippen molar-refractivity contribution in [2.75, 3.05) is 23.7 Å². The highest BCUT2D eigenvalue weighted by Gasteiger charge is 2.31. The van der Waals surface area contributed by atoms with Crippen molar-refractivity contribution in [1.82, 2.24) is 20.5 Å². The number of unbranched alkanes of at least 4 members (excludes halogenated alkanes) is 1. The highest BCUT2D eigenvalue weighted by Crippen LogP contribution is 2.26. The molecule has 1 fully saturated rings. The van der Waals surface area contributed by atoms with Gasteiger partial charge in [-0.2, -0.15) is 0 Å². The van der Waals surface area contributed by atoms with E-state index >= 15 is 0 Å². The number of piperidine rings is 1. The van der Waals surface area contributed by atoms with E-state index in [0.29, 0.717) is 28.9 Å². The Balaban J connectivity index is 1.00. The van der Waals surface area contributed by atoms with Gasteiger partial charge in [-0.1, -0.05) is 53.8 Å². The van der Waals surface area contributed by atoms with E-state index in [1.54, 1.807) is 18.3 Å². The molecular formula is C33H35F3N6O3S. The molecule has 2 amide bonds. The van der Waals surface area contributed by atoms with Gasteiger partial charge in [0.2, 0.25) is 16.9 Å². The fraction of sp³-hybridized carbons (Fsp3) is 0.364. The molecule has 5 rings (SSSR count). The van der Waals surface area contributed by atoms with Gasteiger partial charge in [0.25, 0.3) is 0 Å². The zero-order valence-corrected chi connectivity index (χ0v) is 25.9. The highest BCUT2D eigenvalue weighted by molar-refractivity contribution is 7.15. The Morgan fingerprint density at radius 2 is 1.59 bits per heavy atom. The van der Waals surface area contributed by atoms with E-state index in [2.05, 4.69) is 48.0 Å². The van der Waals surface area contributed by atoms with Gasteiger partial charge >= 0.3 is 6.36 Å². The van der Waals surface area contributed by atoms with Gasteiger partial charge < -0.3 is 20.7 Å². The zero-order chi connectivity index (χ0) is 32.4. The predicted octanol–water partition coefficient (Wildman–Crippen LogP) is 6.23. The number of rotatable bonds is 13. The molecule has 1 aliphatic rings. The maximum absolute atomic E-state index is 12.7. The largest absolute Gasteiger partial charge is 0.573 e. The third-order valence-electron chi connectivity index (χ3n) is 7.53. The van der Waals surface area contributed by atoms with Gasteiger partial charge in [0.15, 0.2) is 0 Å². The summed E-state index contributed by atoms with van der Waals surface area (Å²) in [6.07, 6.45) is 2.57. The first-order valence-corrected chi connectivity index (χ1v) is 16.0. The normalized spacial score (nSPS) is 13.7. The number of hydrogen-bond acceptors (Lipinski definition) is 8. The van der Waals surface area contributed by atoms with Crippen molar-refractivity contribution in [2.45, 2.75) is 63.6 Å². The molecule has 242 valence electrons. The van der Waals surface area contributed by atoms with Crippen molar-refractivity contribution in [3.05, 3.63) is 94.1 Å². The van der Waals surface area contributed by atoms with Gasteiger partial charge in [-0.05, 0) is 91.6 Å². The number of benzene rings is 2. The lowest BCUT2D eigenvalue weighted by Crippen LogP contribution is -2.26. The maximum atomic E-state index is 12.7. The lowest BCUT2D eigenvalue weighted by molar-refractivity contribution is -0.274. The summed E-state index contributed by atoms with van der Waals surface area (Å²) in [4.78, 5) is 29.3. The van der Waals surface area contributed by atoms with Gasteiger partial charge in [0.05, 0.1) is 12.8 Å². The predicted molar refractivity (Wildman–Crippen MR) is 170 cm³/mol. The van der Waals surface area contributed by atoms with Gasteiger partial charge in [-0.3, -0.25) is 9.59 Å². The third-order valence-corrected chi connectivity index (χ3v) is 8.43. The van der Waals surface area contributed by atoms with Crippen LogP contribution >= 0.6 is 11.3 Å². The molecule has 0 aliphatic carbocycles. The number of carbonyl (C=O) groups excluding carboxylic acids is 2. The van der Waals surface area contributed by atoms with E-state index in [1.807, 2.05) is 18.2 Å². The van der Waals surface area contributed by atoms with E-state index in [1.165, 1.54) is 35.1 Å². The molecule has 0 saturated carbocycles. The molecule has 4 aromatic rings. The molecule has 2 aromatic carbocycles. The molecular weight excluding hydrogens is 617 g/mol. The van der Waals surface area contributed by atoms with Gasteiger partial charge in [-0.15, -0.1) is 23.4 Å². The van der Waals surface area contributed by atoms with E-state index in [0.717, 1.165) is 67.7 Å². The summed E-state index contributed by atoms with van der Waals surface area (Å²) in [6.45, 7) is 2.05. The molecule has 3 heterocycles. The van der Waals surface area contributed by atoms with Crippen LogP contribution < -0.4 is 20.7 Å². The second-order valence-corrected chi connectivity index (χ2v) is 12.2. The summed E-state index contributed by atoms with van der Waals surface area (Å²) in [5, 5.41) is 18.6. The van der Waals surface area contributed by atoms with Crippen LogP contribution in [0.5, 0.6) is 5.75 Å². The van der Waals surface area contributed by atoms with Gasteiger partial charge in [0, 0.05) is 12.6 Å². The van der Waals surface area contributed by atoms with Crippen LogP contribution in [0.25, 0.3) is 0 Å². The molecule has 13 heteroatoms. The number of anilines is 2.